The van der Waals surface area contributed by atoms with E-state index in [1.807, 2.05) is 11.9 Å². The number of anilines is 1. The smallest absolute Gasteiger partial charge is 0.246 e. The highest BCUT2D eigenvalue weighted by atomic mass is 35.5. The molecule has 2 N–H and O–H groups in total. The van der Waals surface area contributed by atoms with Gasteiger partial charge in [0.05, 0.1) is 5.69 Å². The van der Waals surface area contributed by atoms with E-state index in [2.05, 4.69) is 0 Å². The van der Waals surface area contributed by atoms with E-state index in [0.717, 1.165) is 12.6 Å². The van der Waals surface area contributed by atoms with Crippen LogP contribution in [0.2, 0.25) is 5.02 Å². The predicted molar refractivity (Wildman–Crippen MR) is 76.7 cm³/mol. The SMILES string of the molecule is CN1CCCN(S(=O)(=O)c2cc(Cl)cc(N)c2F)CC1. The summed E-state index contributed by atoms with van der Waals surface area (Å²) < 4.78 is 40.3. The number of likely N-dealkylation sites (N-methyl/N-ethyl adjacent to an activating group) is 1. The number of sulfonamides is 1. The van der Waals surface area contributed by atoms with Crippen molar-refractivity contribution >= 4 is 27.3 Å². The van der Waals surface area contributed by atoms with Gasteiger partial charge < -0.3 is 10.6 Å². The second-order valence-corrected chi connectivity index (χ2v) is 7.21. The summed E-state index contributed by atoms with van der Waals surface area (Å²) in [4.78, 5) is 1.59. The molecule has 8 heteroatoms. The third kappa shape index (κ3) is 3.06. The zero-order valence-electron chi connectivity index (χ0n) is 11.1. The van der Waals surface area contributed by atoms with Gasteiger partial charge in [-0.25, -0.2) is 12.8 Å². The zero-order valence-corrected chi connectivity index (χ0v) is 12.7. The molecule has 0 atom stereocenters. The van der Waals surface area contributed by atoms with Crippen LogP contribution >= 0.6 is 11.6 Å². The molecule has 5 nitrogen and oxygen atoms in total. The molecule has 0 aromatic heterocycles. The molecule has 1 saturated heterocycles. The van der Waals surface area contributed by atoms with Crippen LogP contribution < -0.4 is 5.73 Å². The number of rotatable bonds is 2. The number of nitrogens with zero attached hydrogens (tertiary/aromatic N) is 2. The van der Waals surface area contributed by atoms with E-state index in [1.54, 1.807) is 0 Å². The minimum absolute atomic E-state index is 0.106. The Labute approximate surface area is 123 Å². The summed E-state index contributed by atoms with van der Waals surface area (Å²) in [6.45, 7) is 2.10. The van der Waals surface area contributed by atoms with Crippen LogP contribution in [-0.2, 0) is 10.0 Å². The Kier molecular flexibility index (Phi) is 4.53. The first kappa shape index (κ1) is 15.5. The summed E-state index contributed by atoms with van der Waals surface area (Å²) in [6, 6.07) is 2.31. The van der Waals surface area contributed by atoms with Crippen LogP contribution in [0, 0.1) is 5.82 Å². The van der Waals surface area contributed by atoms with Crippen LogP contribution in [0.1, 0.15) is 6.42 Å². The number of hydrogen-bond acceptors (Lipinski definition) is 4. The van der Waals surface area contributed by atoms with Crippen molar-refractivity contribution in [1.82, 2.24) is 9.21 Å². The monoisotopic (exact) mass is 321 g/mol. The summed E-state index contributed by atoms with van der Waals surface area (Å²) >= 11 is 5.78. The minimum Gasteiger partial charge on any atom is -0.396 e. The molecular weight excluding hydrogens is 305 g/mol. The van der Waals surface area contributed by atoms with E-state index >= 15 is 0 Å². The lowest BCUT2D eigenvalue weighted by atomic mass is 10.3. The average Bonchev–Trinajstić information content (AvgIpc) is 2.58. The van der Waals surface area contributed by atoms with Crippen molar-refractivity contribution in [3.8, 4) is 0 Å². The van der Waals surface area contributed by atoms with E-state index in [4.69, 9.17) is 17.3 Å². The normalized spacial score (nSPS) is 18.9. The van der Waals surface area contributed by atoms with Crippen LogP contribution in [0.25, 0.3) is 0 Å². The third-order valence-electron chi connectivity index (χ3n) is 3.33. The molecule has 112 valence electrons. The number of nitrogens with two attached hydrogens (primary N) is 1. The van der Waals surface area contributed by atoms with Gasteiger partial charge in [0.2, 0.25) is 10.0 Å². The van der Waals surface area contributed by atoms with Crippen molar-refractivity contribution in [2.75, 3.05) is 39.0 Å². The molecule has 1 aliphatic heterocycles. The molecule has 1 aliphatic rings. The molecule has 0 spiro atoms. The Morgan fingerprint density at radius 2 is 1.95 bits per heavy atom. The van der Waals surface area contributed by atoms with Crippen molar-refractivity contribution in [3.63, 3.8) is 0 Å². The summed E-state index contributed by atoms with van der Waals surface area (Å²) in [6.07, 6.45) is 0.702. The molecular formula is C12H17ClFN3O2S. The fraction of sp³-hybridized carbons (Fsp3) is 0.500. The van der Waals surface area contributed by atoms with Crippen molar-refractivity contribution in [2.24, 2.45) is 0 Å². The Morgan fingerprint density at radius 3 is 2.65 bits per heavy atom. The van der Waals surface area contributed by atoms with Gasteiger partial charge in [-0.3, -0.25) is 0 Å². The summed E-state index contributed by atoms with van der Waals surface area (Å²) in [5, 5.41) is 0.106. The van der Waals surface area contributed by atoms with Crippen molar-refractivity contribution in [1.29, 1.82) is 0 Å². The number of halogens is 2. The molecule has 0 bridgehead atoms. The highest BCUT2D eigenvalue weighted by Crippen LogP contribution is 2.28. The first-order valence-corrected chi connectivity index (χ1v) is 8.07. The van der Waals surface area contributed by atoms with E-state index in [9.17, 15) is 12.8 Å². The second-order valence-electron chi connectivity index (χ2n) is 4.87. The lowest BCUT2D eigenvalue weighted by Gasteiger charge is -2.21. The highest BCUT2D eigenvalue weighted by molar-refractivity contribution is 7.89. The highest BCUT2D eigenvalue weighted by Gasteiger charge is 2.30. The quantitative estimate of drug-likeness (QED) is 0.836. The summed E-state index contributed by atoms with van der Waals surface area (Å²) in [5.74, 6) is -0.938. The Bertz CT molecular complexity index is 609. The second kappa shape index (κ2) is 5.85. The predicted octanol–water partition coefficient (Wildman–Crippen LogP) is 1.39. The Hall–Kier alpha value is -0.890. The average molecular weight is 322 g/mol. The van der Waals surface area contributed by atoms with E-state index in [0.29, 0.717) is 26.1 Å². The van der Waals surface area contributed by atoms with Gasteiger partial charge in [0, 0.05) is 24.7 Å². The first-order chi connectivity index (χ1) is 9.32. The molecule has 20 heavy (non-hydrogen) atoms. The molecule has 0 aliphatic carbocycles. The van der Waals surface area contributed by atoms with Gasteiger partial charge in [-0.2, -0.15) is 4.31 Å². The lowest BCUT2D eigenvalue weighted by Crippen LogP contribution is -2.35. The van der Waals surface area contributed by atoms with Gasteiger partial charge in [-0.1, -0.05) is 11.6 Å². The van der Waals surface area contributed by atoms with E-state index < -0.39 is 20.7 Å². The number of hydrogen-bond donors (Lipinski definition) is 1. The van der Waals surface area contributed by atoms with Crippen LogP contribution in [0.5, 0.6) is 0 Å². The molecule has 2 rings (SSSR count). The van der Waals surface area contributed by atoms with E-state index in [-0.39, 0.29) is 10.7 Å². The standard InChI is InChI=1S/C12H17ClFN3O2S/c1-16-3-2-4-17(6-5-16)20(18,19)11-8-9(13)7-10(15)12(11)14/h7-8H,2-6,15H2,1H3. The molecule has 1 aromatic rings. The molecule has 0 unspecified atom stereocenters. The molecule has 1 fully saturated rings. The van der Waals surface area contributed by atoms with Crippen molar-refractivity contribution < 1.29 is 12.8 Å². The first-order valence-electron chi connectivity index (χ1n) is 6.25. The van der Waals surface area contributed by atoms with E-state index in [1.165, 1.54) is 10.4 Å². The zero-order chi connectivity index (χ0) is 14.9. The Balaban J connectivity index is 2.40. The maximum Gasteiger partial charge on any atom is 0.246 e. The summed E-state index contributed by atoms with van der Waals surface area (Å²) in [5.41, 5.74) is 5.19. The lowest BCUT2D eigenvalue weighted by molar-refractivity contribution is 0.347. The van der Waals surface area contributed by atoms with Gasteiger partial charge in [0.15, 0.2) is 5.82 Å². The fourth-order valence-electron chi connectivity index (χ4n) is 2.17. The molecule has 0 saturated carbocycles. The molecule has 0 amide bonds. The number of benzene rings is 1. The molecule has 1 aromatic carbocycles. The van der Waals surface area contributed by atoms with Crippen LogP contribution in [-0.4, -0.2) is 50.8 Å². The molecule has 0 radical (unpaired) electrons. The van der Waals surface area contributed by atoms with Gasteiger partial charge in [-0.15, -0.1) is 0 Å². The minimum atomic E-state index is -3.92. The summed E-state index contributed by atoms with van der Waals surface area (Å²) in [7, 11) is -1.99. The third-order valence-corrected chi connectivity index (χ3v) is 5.44. The van der Waals surface area contributed by atoms with Gasteiger partial charge >= 0.3 is 0 Å². The van der Waals surface area contributed by atoms with Crippen molar-refractivity contribution in [2.45, 2.75) is 11.3 Å². The van der Waals surface area contributed by atoms with Crippen LogP contribution in [0.15, 0.2) is 17.0 Å². The fourth-order valence-corrected chi connectivity index (χ4v) is 4.06. The van der Waals surface area contributed by atoms with Gasteiger partial charge in [-0.05, 0) is 32.1 Å². The topological polar surface area (TPSA) is 66.6 Å². The Morgan fingerprint density at radius 1 is 1.25 bits per heavy atom. The maximum atomic E-state index is 14.0. The maximum absolute atomic E-state index is 14.0. The van der Waals surface area contributed by atoms with Gasteiger partial charge in [0.1, 0.15) is 4.90 Å². The molecule has 1 heterocycles. The van der Waals surface area contributed by atoms with Crippen LogP contribution in [0.3, 0.4) is 0 Å². The largest absolute Gasteiger partial charge is 0.396 e. The van der Waals surface area contributed by atoms with Crippen molar-refractivity contribution in [3.05, 3.63) is 23.0 Å². The van der Waals surface area contributed by atoms with Crippen LogP contribution in [0.4, 0.5) is 10.1 Å². The number of nitrogen functional groups attached to an aromatic ring is 1. The van der Waals surface area contributed by atoms with Gasteiger partial charge in [0.25, 0.3) is 0 Å².